The maximum atomic E-state index is 10.3. The molecule has 0 aliphatic rings. The Kier molecular flexibility index (Phi) is 8.85. The Labute approximate surface area is 96.9 Å². The molecule has 0 spiro atoms. The molecule has 0 fully saturated rings. The first-order valence-corrected chi connectivity index (χ1v) is 6.35. The number of nitrogens with two attached hydrogens (primary N) is 1. The van der Waals surface area contributed by atoms with Crippen LogP contribution in [0, 0.1) is 11.8 Å². The minimum atomic E-state index is -3.83. The summed E-state index contributed by atoms with van der Waals surface area (Å²) in [5.74, 6) is 5.66. The quantitative estimate of drug-likeness (QED) is 0.386. The Balaban J connectivity index is 3.32. The molecular formula is C10H17NO4S. The largest absolute Gasteiger partial charge is 0.377 e. The molecule has 92 valence electrons. The zero-order valence-electron chi connectivity index (χ0n) is 9.15. The number of hydrogen-bond acceptors (Lipinski definition) is 4. The van der Waals surface area contributed by atoms with Crippen molar-refractivity contribution in [3.05, 3.63) is 12.7 Å². The Morgan fingerprint density at radius 3 is 2.56 bits per heavy atom. The molecule has 0 unspecified atom stereocenters. The molecule has 0 aromatic rings. The lowest BCUT2D eigenvalue weighted by molar-refractivity contribution is 0.161. The number of unbranched alkanes of at least 4 members (excludes halogenated alkanes) is 1. The van der Waals surface area contributed by atoms with Gasteiger partial charge in [0.2, 0.25) is 0 Å². The third kappa shape index (κ3) is 13.1. The van der Waals surface area contributed by atoms with Crippen molar-refractivity contribution in [2.45, 2.75) is 19.3 Å². The van der Waals surface area contributed by atoms with Gasteiger partial charge in [0.1, 0.15) is 0 Å². The summed E-state index contributed by atoms with van der Waals surface area (Å²) in [6, 6.07) is 0. The summed E-state index contributed by atoms with van der Waals surface area (Å²) < 4.78 is 30.1. The van der Waals surface area contributed by atoms with E-state index < -0.39 is 10.3 Å². The molecule has 5 nitrogen and oxygen atoms in total. The van der Waals surface area contributed by atoms with E-state index in [2.05, 4.69) is 27.7 Å². The van der Waals surface area contributed by atoms with Gasteiger partial charge in [-0.15, -0.1) is 18.4 Å². The third-order valence-electron chi connectivity index (χ3n) is 1.43. The van der Waals surface area contributed by atoms with Gasteiger partial charge < -0.3 is 4.74 Å². The molecule has 6 heteroatoms. The lowest BCUT2D eigenvalue weighted by atomic mass is 10.3. The van der Waals surface area contributed by atoms with Crippen LogP contribution in [-0.4, -0.2) is 28.2 Å². The smallest absolute Gasteiger partial charge is 0.333 e. The van der Waals surface area contributed by atoms with Gasteiger partial charge in [-0.1, -0.05) is 6.08 Å². The Morgan fingerprint density at radius 1 is 1.25 bits per heavy atom. The van der Waals surface area contributed by atoms with Gasteiger partial charge in [-0.25, -0.2) is 5.14 Å². The molecule has 0 heterocycles. The maximum Gasteiger partial charge on any atom is 0.333 e. The topological polar surface area (TPSA) is 78.6 Å². The van der Waals surface area contributed by atoms with Crippen molar-refractivity contribution in [2.24, 2.45) is 5.14 Å². The monoisotopic (exact) mass is 247 g/mol. The summed E-state index contributed by atoms with van der Waals surface area (Å²) in [6.45, 7) is 4.72. The van der Waals surface area contributed by atoms with Crippen LogP contribution < -0.4 is 5.14 Å². The van der Waals surface area contributed by atoms with Crippen molar-refractivity contribution in [2.75, 3.05) is 19.8 Å². The molecule has 0 aromatic carbocycles. The van der Waals surface area contributed by atoms with Crippen molar-refractivity contribution in [1.29, 1.82) is 0 Å². The standard InChI is InChI=1S/C10H17NO4S/c1-2-8-14-9-6-4-3-5-7-10-15-16(11,12)13/h2H,1,4,6-10H2,(H2,11,12,13). The van der Waals surface area contributed by atoms with Crippen molar-refractivity contribution >= 4 is 10.3 Å². The normalized spacial score (nSPS) is 10.6. The van der Waals surface area contributed by atoms with Gasteiger partial charge in [0.15, 0.2) is 0 Å². The second-order valence-corrected chi connectivity index (χ2v) is 4.11. The van der Waals surface area contributed by atoms with Crippen molar-refractivity contribution in [3.63, 3.8) is 0 Å². The molecule has 0 saturated heterocycles. The molecule has 0 amide bonds. The molecule has 0 rings (SSSR count). The fourth-order valence-corrected chi connectivity index (χ4v) is 1.13. The molecule has 0 aliphatic carbocycles. The highest BCUT2D eigenvalue weighted by Gasteiger charge is 1.98. The predicted octanol–water partition coefficient (Wildman–Crippen LogP) is 0.583. The van der Waals surface area contributed by atoms with Crippen LogP contribution >= 0.6 is 0 Å². The summed E-state index contributed by atoms with van der Waals surface area (Å²) in [5, 5.41) is 4.62. The van der Waals surface area contributed by atoms with E-state index in [0.29, 0.717) is 26.1 Å². The van der Waals surface area contributed by atoms with Crippen LogP contribution in [0.2, 0.25) is 0 Å². The maximum absolute atomic E-state index is 10.3. The average molecular weight is 247 g/mol. The molecule has 16 heavy (non-hydrogen) atoms. The van der Waals surface area contributed by atoms with Gasteiger partial charge in [-0.3, -0.25) is 4.18 Å². The van der Waals surface area contributed by atoms with Gasteiger partial charge >= 0.3 is 10.3 Å². The lowest BCUT2D eigenvalue weighted by Crippen LogP contribution is -2.16. The molecule has 0 bridgehead atoms. The summed E-state index contributed by atoms with van der Waals surface area (Å²) in [6.07, 6.45) is 3.60. The van der Waals surface area contributed by atoms with Crippen LogP contribution in [0.15, 0.2) is 12.7 Å². The molecule has 2 N–H and O–H groups in total. The van der Waals surface area contributed by atoms with Gasteiger partial charge in [-0.05, 0) is 6.42 Å². The molecule has 0 radical (unpaired) electrons. The molecule has 0 atom stereocenters. The summed E-state index contributed by atoms with van der Waals surface area (Å²) in [7, 11) is -3.83. The lowest BCUT2D eigenvalue weighted by Gasteiger charge is -1.96. The SMILES string of the molecule is C=CCOCCCC#CCCOS(N)(=O)=O. The van der Waals surface area contributed by atoms with Crippen molar-refractivity contribution in [1.82, 2.24) is 0 Å². The second-order valence-electron chi connectivity index (χ2n) is 2.89. The number of ether oxygens (including phenoxy) is 1. The van der Waals surface area contributed by atoms with Crippen LogP contribution in [0.3, 0.4) is 0 Å². The zero-order chi connectivity index (χ0) is 12.3. The van der Waals surface area contributed by atoms with Gasteiger partial charge in [0.05, 0.1) is 13.2 Å². The highest BCUT2D eigenvalue weighted by atomic mass is 32.2. The number of rotatable bonds is 8. The minimum absolute atomic E-state index is 0.00119. The summed E-state index contributed by atoms with van der Waals surface area (Å²) in [5.41, 5.74) is 0. The zero-order valence-corrected chi connectivity index (χ0v) is 9.96. The van der Waals surface area contributed by atoms with E-state index in [-0.39, 0.29) is 6.61 Å². The van der Waals surface area contributed by atoms with E-state index in [1.165, 1.54) is 0 Å². The second kappa shape index (κ2) is 9.36. The molecular weight excluding hydrogens is 230 g/mol. The Hall–Kier alpha value is -0.870. The van der Waals surface area contributed by atoms with Gasteiger partial charge in [0.25, 0.3) is 0 Å². The van der Waals surface area contributed by atoms with E-state index in [1.54, 1.807) is 6.08 Å². The molecule has 0 saturated carbocycles. The molecule has 0 aromatic heterocycles. The fourth-order valence-electron chi connectivity index (χ4n) is 0.815. The Morgan fingerprint density at radius 2 is 1.94 bits per heavy atom. The first-order valence-electron chi connectivity index (χ1n) is 4.88. The van der Waals surface area contributed by atoms with E-state index in [0.717, 1.165) is 6.42 Å². The van der Waals surface area contributed by atoms with E-state index in [9.17, 15) is 8.42 Å². The van der Waals surface area contributed by atoms with E-state index >= 15 is 0 Å². The highest BCUT2D eigenvalue weighted by molar-refractivity contribution is 7.84. The van der Waals surface area contributed by atoms with Crippen LogP contribution in [0.25, 0.3) is 0 Å². The van der Waals surface area contributed by atoms with Crippen LogP contribution in [-0.2, 0) is 19.2 Å². The average Bonchev–Trinajstić information content (AvgIpc) is 2.19. The summed E-state index contributed by atoms with van der Waals surface area (Å²) >= 11 is 0. The Bertz CT molecular complexity index is 340. The van der Waals surface area contributed by atoms with E-state index in [4.69, 9.17) is 4.74 Å². The highest BCUT2D eigenvalue weighted by Crippen LogP contribution is 1.90. The van der Waals surface area contributed by atoms with Gasteiger partial charge in [0, 0.05) is 19.4 Å². The van der Waals surface area contributed by atoms with Crippen LogP contribution in [0.5, 0.6) is 0 Å². The first-order chi connectivity index (χ1) is 7.56. The van der Waals surface area contributed by atoms with Crippen LogP contribution in [0.1, 0.15) is 19.3 Å². The first kappa shape index (κ1) is 15.1. The van der Waals surface area contributed by atoms with Crippen LogP contribution in [0.4, 0.5) is 0 Å². The number of hydrogen-bond donors (Lipinski definition) is 1. The molecule has 0 aliphatic heterocycles. The predicted molar refractivity (Wildman–Crippen MR) is 61.7 cm³/mol. The van der Waals surface area contributed by atoms with Crippen molar-refractivity contribution < 1.29 is 17.3 Å². The minimum Gasteiger partial charge on any atom is -0.377 e. The third-order valence-corrected chi connectivity index (χ3v) is 1.92. The fraction of sp³-hybridized carbons (Fsp3) is 0.600. The van der Waals surface area contributed by atoms with Gasteiger partial charge in [-0.2, -0.15) is 8.42 Å². The van der Waals surface area contributed by atoms with E-state index in [1.807, 2.05) is 0 Å². The summed E-state index contributed by atoms with van der Waals surface area (Å²) in [4.78, 5) is 0. The van der Waals surface area contributed by atoms with Crippen molar-refractivity contribution in [3.8, 4) is 11.8 Å².